The number of rotatable bonds is 4. The molecule has 0 radical (unpaired) electrons. The second kappa shape index (κ2) is 6.32. The van der Waals surface area contributed by atoms with E-state index < -0.39 is 11.6 Å². The van der Waals surface area contributed by atoms with Gasteiger partial charge in [0.05, 0.1) is 0 Å². The van der Waals surface area contributed by atoms with Crippen LogP contribution in [0.25, 0.3) is 0 Å². The summed E-state index contributed by atoms with van der Waals surface area (Å²) in [6, 6.07) is 1.12. The SMILES string of the molecule is CNc1nc(NCC2CN(C)CCN2C)c(F)cc1F. The summed E-state index contributed by atoms with van der Waals surface area (Å²) in [5.41, 5.74) is 0. The number of hydrogen-bond acceptors (Lipinski definition) is 5. The van der Waals surface area contributed by atoms with Crippen LogP contribution in [-0.2, 0) is 0 Å². The molecule has 2 rings (SSSR count). The highest BCUT2D eigenvalue weighted by Gasteiger charge is 2.22. The molecule has 5 nitrogen and oxygen atoms in total. The number of hydrogen-bond donors (Lipinski definition) is 2. The van der Waals surface area contributed by atoms with Crippen molar-refractivity contribution in [2.24, 2.45) is 0 Å². The molecular formula is C13H21F2N5. The second-order valence-electron chi connectivity index (χ2n) is 5.18. The summed E-state index contributed by atoms with van der Waals surface area (Å²) in [6.45, 7) is 3.48. The number of piperazine rings is 1. The molecular weight excluding hydrogens is 264 g/mol. The van der Waals surface area contributed by atoms with Gasteiger partial charge in [-0.15, -0.1) is 0 Å². The van der Waals surface area contributed by atoms with E-state index in [9.17, 15) is 8.78 Å². The van der Waals surface area contributed by atoms with E-state index in [2.05, 4.69) is 32.5 Å². The summed E-state index contributed by atoms with van der Waals surface area (Å²) in [5.74, 6) is -1.24. The minimum absolute atomic E-state index is 0.0445. The maximum atomic E-state index is 13.7. The number of nitrogens with one attached hydrogen (secondary N) is 2. The molecule has 20 heavy (non-hydrogen) atoms. The Kier molecular flexibility index (Phi) is 4.72. The minimum atomic E-state index is -0.690. The first-order chi connectivity index (χ1) is 9.51. The van der Waals surface area contributed by atoms with Crippen LogP contribution in [0, 0.1) is 11.6 Å². The van der Waals surface area contributed by atoms with E-state index >= 15 is 0 Å². The van der Waals surface area contributed by atoms with Crippen LogP contribution in [0.5, 0.6) is 0 Å². The number of pyridine rings is 1. The molecule has 1 aliphatic rings. The highest BCUT2D eigenvalue weighted by atomic mass is 19.1. The third kappa shape index (κ3) is 3.34. The van der Waals surface area contributed by atoms with Gasteiger partial charge in [-0.05, 0) is 14.1 Å². The van der Waals surface area contributed by atoms with Crippen LogP contribution in [0.15, 0.2) is 6.07 Å². The molecule has 0 aromatic carbocycles. The van der Waals surface area contributed by atoms with E-state index in [1.54, 1.807) is 7.05 Å². The lowest BCUT2D eigenvalue weighted by Crippen LogP contribution is -2.52. The molecule has 0 bridgehead atoms. The second-order valence-corrected chi connectivity index (χ2v) is 5.18. The molecule has 1 fully saturated rings. The van der Waals surface area contributed by atoms with Gasteiger partial charge in [-0.25, -0.2) is 13.8 Å². The molecule has 112 valence electrons. The van der Waals surface area contributed by atoms with Crippen LogP contribution >= 0.6 is 0 Å². The first-order valence-corrected chi connectivity index (χ1v) is 6.67. The third-order valence-corrected chi connectivity index (χ3v) is 3.65. The van der Waals surface area contributed by atoms with Gasteiger partial charge >= 0.3 is 0 Å². The van der Waals surface area contributed by atoms with Crippen molar-refractivity contribution < 1.29 is 8.78 Å². The van der Waals surface area contributed by atoms with E-state index in [1.165, 1.54) is 0 Å². The van der Waals surface area contributed by atoms with Gasteiger partial charge in [-0.1, -0.05) is 0 Å². The van der Waals surface area contributed by atoms with Gasteiger partial charge in [-0.2, -0.15) is 0 Å². The molecule has 0 saturated carbocycles. The Morgan fingerprint density at radius 1 is 1.25 bits per heavy atom. The average Bonchev–Trinajstić information content (AvgIpc) is 2.41. The zero-order chi connectivity index (χ0) is 14.7. The molecule has 1 atom stereocenters. The first-order valence-electron chi connectivity index (χ1n) is 6.67. The number of likely N-dealkylation sites (N-methyl/N-ethyl adjacent to an activating group) is 2. The summed E-state index contributed by atoms with van der Waals surface area (Å²) >= 11 is 0. The predicted octanol–water partition coefficient (Wildman–Crippen LogP) is 1.06. The van der Waals surface area contributed by atoms with Gasteiger partial charge < -0.3 is 15.5 Å². The molecule has 1 aliphatic heterocycles. The maximum Gasteiger partial charge on any atom is 0.168 e. The summed E-state index contributed by atoms with van der Waals surface area (Å²) in [5, 5.41) is 5.58. The molecule has 1 saturated heterocycles. The highest BCUT2D eigenvalue weighted by molar-refractivity contribution is 5.47. The number of anilines is 2. The Morgan fingerprint density at radius 2 is 1.95 bits per heavy atom. The van der Waals surface area contributed by atoms with Crippen molar-refractivity contribution in [2.45, 2.75) is 6.04 Å². The molecule has 0 spiro atoms. The monoisotopic (exact) mass is 285 g/mol. The fraction of sp³-hybridized carbons (Fsp3) is 0.615. The van der Waals surface area contributed by atoms with Crippen molar-refractivity contribution in [1.29, 1.82) is 0 Å². The standard InChI is InChI=1S/C13H21F2N5/c1-16-12-10(14)6-11(15)13(18-12)17-7-9-8-19(2)4-5-20(9)3/h6,9H,4-5,7-8H2,1-3H3,(H2,16,17,18). The average molecular weight is 285 g/mol. The van der Waals surface area contributed by atoms with Crippen LogP contribution in [0.2, 0.25) is 0 Å². The smallest absolute Gasteiger partial charge is 0.168 e. The molecule has 2 N–H and O–H groups in total. The fourth-order valence-corrected chi connectivity index (χ4v) is 2.30. The zero-order valence-electron chi connectivity index (χ0n) is 12.1. The molecule has 0 amide bonds. The molecule has 1 aromatic heterocycles. The Hall–Kier alpha value is -1.47. The number of nitrogens with zero attached hydrogens (tertiary/aromatic N) is 3. The van der Waals surface area contributed by atoms with Crippen molar-refractivity contribution in [1.82, 2.24) is 14.8 Å². The third-order valence-electron chi connectivity index (χ3n) is 3.65. The summed E-state index contributed by atoms with van der Waals surface area (Å²) in [4.78, 5) is 8.38. The number of halogens is 2. The van der Waals surface area contributed by atoms with E-state index in [0.717, 1.165) is 25.7 Å². The van der Waals surface area contributed by atoms with E-state index in [1.807, 2.05) is 7.05 Å². The first kappa shape index (κ1) is 14.9. The molecule has 1 unspecified atom stereocenters. The van der Waals surface area contributed by atoms with E-state index in [0.29, 0.717) is 6.54 Å². The summed E-state index contributed by atoms with van der Waals surface area (Å²) < 4.78 is 27.0. The maximum absolute atomic E-state index is 13.7. The van der Waals surface area contributed by atoms with Crippen LogP contribution in [-0.4, -0.2) is 68.1 Å². The van der Waals surface area contributed by atoms with Gasteiger partial charge in [0.15, 0.2) is 23.3 Å². The van der Waals surface area contributed by atoms with Crippen LogP contribution in [0.1, 0.15) is 0 Å². The highest BCUT2D eigenvalue weighted by Crippen LogP contribution is 2.19. The van der Waals surface area contributed by atoms with E-state index in [4.69, 9.17) is 0 Å². The lowest BCUT2D eigenvalue weighted by molar-refractivity contribution is 0.121. The van der Waals surface area contributed by atoms with Gasteiger partial charge in [-0.3, -0.25) is 4.90 Å². The van der Waals surface area contributed by atoms with Crippen LogP contribution in [0.3, 0.4) is 0 Å². The molecule has 2 heterocycles. The van der Waals surface area contributed by atoms with Crippen molar-refractivity contribution in [2.75, 3.05) is 58.0 Å². The van der Waals surface area contributed by atoms with Crippen molar-refractivity contribution in [3.05, 3.63) is 17.7 Å². The van der Waals surface area contributed by atoms with Crippen molar-refractivity contribution in [3.63, 3.8) is 0 Å². The van der Waals surface area contributed by atoms with Gasteiger partial charge in [0.25, 0.3) is 0 Å². The topological polar surface area (TPSA) is 43.4 Å². The quantitative estimate of drug-likeness (QED) is 0.866. The Morgan fingerprint density at radius 3 is 2.65 bits per heavy atom. The van der Waals surface area contributed by atoms with Gasteiger partial charge in [0.2, 0.25) is 0 Å². The Balaban J connectivity index is 2.03. The van der Waals surface area contributed by atoms with Gasteiger partial charge in [0, 0.05) is 45.3 Å². The van der Waals surface area contributed by atoms with Crippen molar-refractivity contribution >= 4 is 11.6 Å². The normalized spacial score (nSPS) is 20.9. The minimum Gasteiger partial charge on any atom is -0.371 e. The van der Waals surface area contributed by atoms with E-state index in [-0.39, 0.29) is 17.7 Å². The molecule has 7 heteroatoms. The van der Waals surface area contributed by atoms with Crippen LogP contribution < -0.4 is 10.6 Å². The van der Waals surface area contributed by atoms with Crippen molar-refractivity contribution in [3.8, 4) is 0 Å². The Bertz CT molecular complexity index is 468. The van der Waals surface area contributed by atoms with Crippen LogP contribution in [0.4, 0.5) is 20.4 Å². The lowest BCUT2D eigenvalue weighted by Gasteiger charge is -2.37. The number of aromatic nitrogens is 1. The fourth-order valence-electron chi connectivity index (χ4n) is 2.30. The summed E-state index contributed by atoms with van der Waals surface area (Å²) in [7, 11) is 5.67. The summed E-state index contributed by atoms with van der Waals surface area (Å²) in [6.07, 6.45) is 0. The predicted molar refractivity (Wildman–Crippen MR) is 76.1 cm³/mol. The largest absolute Gasteiger partial charge is 0.371 e. The molecule has 1 aromatic rings. The lowest BCUT2D eigenvalue weighted by atomic mass is 10.2. The zero-order valence-corrected chi connectivity index (χ0v) is 12.1. The Labute approximate surface area is 118 Å². The van der Waals surface area contributed by atoms with Gasteiger partial charge in [0.1, 0.15) is 0 Å². The molecule has 0 aliphatic carbocycles.